The van der Waals surface area contributed by atoms with Gasteiger partial charge in [-0.05, 0) is 83.1 Å². The number of aromatic carboxylic acids is 1. The number of para-hydroxylation sites is 1. The lowest BCUT2D eigenvalue weighted by atomic mass is 9.99. The highest BCUT2D eigenvalue weighted by atomic mass is 16.4. The fourth-order valence-corrected chi connectivity index (χ4v) is 8.05. The van der Waals surface area contributed by atoms with E-state index in [0.29, 0.717) is 36.1 Å². The second-order valence-electron chi connectivity index (χ2n) is 16.5. The number of H-pyrrole nitrogens is 1. The molecule has 2 heterocycles. The Morgan fingerprint density at radius 2 is 1.27 bits per heavy atom. The van der Waals surface area contributed by atoms with Gasteiger partial charge >= 0.3 is 5.97 Å². The number of hydrogen-bond donors (Lipinski definition) is 8. The smallest absolute Gasteiger partial charge is 0.335 e. The summed E-state index contributed by atoms with van der Waals surface area (Å²) in [7, 11) is 0. The van der Waals surface area contributed by atoms with E-state index < -0.39 is 53.8 Å². The zero-order valence-corrected chi connectivity index (χ0v) is 37.1. The topological polar surface area (TPSA) is 237 Å². The first kappa shape index (κ1) is 46.9. The number of nitrogens with zero attached hydrogens (tertiary/aromatic N) is 1. The van der Waals surface area contributed by atoms with E-state index in [1.165, 1.54) is 6.07 Å². The third kappa shape index (κ3) is 12.6. The summed E-state index contributed by atoms with van der Waals surface area (Å²) in [6.07, 6.45) is 3.50. The summed E-state index contributed by atoms with van der Waals surface area (Å²) in [5, 5.41) is 27.5. The van der Waals surface area contributed by atoms with Crippen LogP contribution in [0.4, 0.5) is 5.82 Å². The average Bonchev–Trinajstić information content (AvgIpc) is 3.75. The molecule has 0 fully saturated rings. The van der Waals surface area contributed by atoms with E-state index in [1.54, 1.807) is 37.4 Å². The van der Waals surface area contributed by atoms with Gasteiger partial charge in [0.2, 0.25) is 29.5 Å². The van der Waals surface area contributed by atoms with E-state index in [1.807, 2.05) is 97.1 Å². The number of hydrogen-bond acceptors (Lipinski definition) is 8. The van der Waals surface area contributed by atoms with E-state index in [0.717, 1.165) is 38.4 Å². The molecule has 9 N–H and O–H groups in total. The lowest BCUT2D eigenvalue weighted by Crippen LogP contribution is -2.59. The van der Waals surface area contributed by atoms with Gasteiger partial charge in [-0.15, -0.1) is 0 Å². The molecular weight excluding hydrogens is 849 g/mol. The molecule has 15 heteroatoms. The molecule has 2 aromatic heterocycles. The minimum Gasteiger partial charge on any atom is -0.478 e. The molecular formula is C52H54N8O7. The summed E-state index contributed by atoms with van der Waals surface area (Å²) < 4.78 is 0. The molecule has 0 saturated carbocycles. The van der Waals surface area contributed by atoms with Crippen molar-refractivity contribution in [3.05, 3.63) is 156 Å². The largest absolute Gasteiger partial charge is 0.478 e. The van der Waals surface area contributed by atoms with Gasteiger partial charge in [0.25, 0.3) is 0 Å². The predicted molar refractivity (Wildman–Crippen MR) is 258 cm³/mol. The van der Waals surface area contributed by atoms with Crippen LogP contribution in [-0.4, -0.2) is 81.3 Å². The number of primary amides is 1. The van der Waals surface area contributed by atoms with E-state index in [2.05, 4.69) is 36.6 Å². The van der Waals surface area contributed by atoms with Crippen LogP contribution in [0.25, 0.3) is 32.6 Å². The molecule has 0 saturated heterocycles. The molecule has 7 aromatic rings. The molecule has 4 atom stereocenters. The highest BCUT2D eigenvalue weighted by Crippen LogP contribution is 2.21. The van der Waals surface area contributed by atoms with Crippen molar-refractivity contribution < 1.29 is 33.9 Å². The molecule has 0 bridgehead atoms. The number of fused-ring (bicyclic) bond motifs is 3. The molecule has 5 aromatic carbocycles. The quantitative estimate of drug-likeness (QED) is 0.0388. The fraction of sp³-hybridized carbons (Fsp3) is 0.250. The van der Waals surface area contributed by atoms with Crippen LogP contribution in [0.5, 0.6) is 0 Å². The van der Waals surface area contributed by atoms with Gasteiger partial charge in [0.05, 0.1) is 11.1 Å². The molecule has 67 heavy (non-hydrogen) atoms. The Labute approximate surface area is 387 Å². The Kier molecular flexibility index (Phi) is 15.6. The van der Waals surface area contributed by atoms with Crippen LogP contribution in [0.1, 0.15) is 59.7 Å². The Hall–Kier alpha value is -8.07. The number of carbonyl (C=O) groups excluding carboxylic acids is 5. The van der Waals surface area contributed by atoms with Gasteiger partial charge in [0.1, 0.15) is 30.0 Å². The monoisotopic (exact) mass is 902 g/mol. The minimum absolute atomic E-state index is 0.0456. The number of carboxylic acid groups (broad SMARTS) is 1. The molecule has 0 radical (unpaired) electrons. The SMILES string of the molecule is CCC(=O)NC(Cc1ccc2ccccc2c1)C(=O)NC(Cc1c[nH]c2ccccc12)C(=O)NC(Cc1ccccc1)C(=O)NC(CCCCNc1ccc2cc(C(=O)O)ccc2n1)C(N)=O. The summed E-state index contributed by atoms with van der Waals surface area (Å²) in [5.41, 5.74) is 9.77. The molecule has 4 unspecified atom stereocenters. The minimum atomic E-state index is -1.20. The zero-order valence-electron chi connectivity index (χ0n) is 37.1. The molecule has 5 amide bonds. The number of aromatic nitrogens is 2. The standard InChI is InChI=1S/C52H54N8O7/c1-2-47(61)57-43(28-33-19-20-34-14-6-7-15-35(34)26-33)49(63)60-45(30-38-31-55-41-17-9-8-16-39(38)41)51(65)59-44(27-32-12-4-3-5-13-32)50(64)58-42(48(53)62)18-10-11-25-54-46-24-22-36-29-37(52(66)67)21-23-40(36)56-46/h3-9,12-17,19-24,26,29,31,42-45,55H,2,10-11,18,25,27-28,30H2,1H3,(H2,53,62)(H,54,56)(H,57,61)(H,58,64)(H,59,65)(H,60,63)(H,66,67). The molecule has 344 valence electrons. The number of amides is 5. The Morgan fingerprint density at radius 3 is 2.00 bits per heavy atom. The van der Waals surface area contributed by atoms with E-state index in [4.69, 9.17) is 5.73 Å². The predicted octanol–water partition coefficient (Wildman–Crippen LogP) is 5.71. The fourth-order valence-electron chi connectivity index (χ4n) is 8.05. The van der Waals surface area contributed by atoms with Gasteiger partial charge in [-0.1, -0.05) is 97.9 Å². The van der Waals surface area contributed by atoms with Crippen molar-refractivity contribution in [2.45, 2.75) is 76.0 Å². The molecule has 0 aliphatic heterocycles. The first-order chi connectivity index (χ1) is 32.4. The molecule has 7 rings (SSSR count). The van der Waals surface area contributed by atoms with Crippen LogP contribution in [0, 0.1) is 0 Å². The Morgan fingerprint density at radius 1 is 0.627 bits per heavy atom. The van der Waals surface area contributed by atoms with Crippen molar-refractivity contribution >= 4 is 73.9 Å². The first-order valence-electron chi connectivity index (χ1n) is 22.4. The van der Waals surface area contributed by atoms with Crippen LogP contribution in [0.2, 0.25) is 0 Å². The second kappa shape index (κ2) is 22.2. The van der Waals surface area contributed by atoms with Crippen LogP contribution >= 0.6 is 0 Å². The van der Waals surface area contributed by atoms with E-state index in [-0.39, 0.29) is 43.6 Å². The van der Waals surface area contributed by atoms with Gasteiger partial charge in [-0.3, -0.25) is 24.0 Å². The maximum atomic E-state index is 14.6. The number of anilines is 1. The van der Waals surface area contributed by atoms with Gasteiger partial charge in [-0.2, -0.15) is 0 Å². The van der Waals surface area contributed by atoms with Gasteiger partial charge in [0, 0.05) is 54.7 Å². The number of nitrogens with one attached hydrogen (secondary N) is 6. The van der Waals surface area contributed by atoms with Crippen molar-refractivity contribution in [3.63, 3.8) is 0 Å². The van der Waals surface area contributed by atoms with Crippen LogP contribution in [0.3, 0.4) is 0 Å². The van der Waals surface area contributed by atoms with Crippen molar-refractivity contribution in [1.29, 1.82) is 0 Å². The molecule has 0 aliphatic rings. The van der Waals surface area contributed by atoms with Gasteiger partial charge < -0.3 is 42.4 Å². The van der Waals surface area contributed by atoms with Gasteiger partial charge in [-0.25, -0.2) is 9.78 Å². The first-order valence-corrected chi connectivity index (χ1v) is 22.4. The number of unbranched alkanes of at least 4 members (excludes halogenated alkanes) is 1. The van der Waals surface area contributed by atoms with Crippen LogP contribution in [-0.2, 0) is 43.2 Å². The lowest BCUT2D eigenvalue weighted by Gasteiger charge is -2.26. The van der Waals surface area contributed by atoms with Crippen molar-refractivity contribution in [1.82, 2.24) is 31.2 Å². The van der Waals surface area contributed by atoms with Crippen LogP contribution in [0.15, 0.2) is 134 Å². The third-order valence-electron chi connectivity index (χ3n) is 11.7. The summed E-state index contributed by atoms with van der Waals surface area (Å²) in [6.45, 7) is 2.19. The van der Waals surface area contributed by atoms with Gasteiger partial charge in [0.15, 0.2) is 0 Å². The number of nitrogens with two attached hydrogens (primary N) is 1. The number of aromatic amines is 1. The number of carboxylic acids is 1. The number of benzene rings is 5. The highest BCUT2D eigenvalue weighted by molar-refractivity contribution is 5.97. The zero-order chi connectivity index (χ0) is 47.3. The van der Waals surface area contributed by atoms with E-state index >= 15 is 0 Å². The van der Waals surface area contributed by atoms with Crippen molar-refractivity contribution in [2.75, 3.05) is 11.9 Å². The maximum absolute atomic E-state index is 14.6. The highest BCUT2D eigenvalue weighted by Gasteiger charge is 2.32. The maximum Gasteiger partial charge on any atom is 0.335 e. The third-order valence-corrected chi connectivity index (χ3v) is 11.7. The van der Waals surface area contributed by atoms with E-state index in [9.17, 15) is 33.9 Å². The number of rotatable bonds is 22. The molecule has 0 spiro atoms. The Balaban J connectivity index is 1.06. The number of carbonyl (C=O) groups is 6. The number of pyridine rings is 1. The summed E-state index contributed by atoms with van der Waals surface area (Å²) in [4.78, 5) is 87.9. The Bertz CT molecular complexity index is 2900. The van der Waals surface area contributed by atoms with Crippen molar-refractivity contribution in [2.24, 2.45) is 5.73 Å². The normalized spacial score (nSPS) is 13.0. The summed E-state index contributed by atoms with van der Waals surface area (Å²) in [5.74, 6) is -3.35. The summed E-state index contributed by atoms with van der Waals surface area (Å²) in [6, 6.07) is 34.1. The molecule has 0 aliphatic carbocycles. The second-order valence-corrected chi connectivity index (χ2v) is 16.5. The molecule has 15 nitrogen and oxygen atoms in total. The summed E-state index contributed by atoms with van der Waals surface area (Å²) >= 11 is 0. The van der Waals surface area contributed by atoms with Crippen LogP contribution < -0.4 is 32.3 Å². The lowest BCUT2D eigenvalue weighted by molar-refractivity contribution is -0.134. The van der Waals surface area contributed by atoms with Crippen molar-refractivity contribution in [3.8, 4) is 0 Å². The average molecular weight is 903 g/mol.